The third-order valence-electron chi connectivity index (χ3n) is 3.56. The van der Waals surface area contributed by atoms with Gasteiger partial charge in [0.15, 0.2) is 6.29 Å². The van der Waals surface area contributed by atoms with Gasteiger partial charge in [-0.05, 0) is 25.7 Å². The fourth-order valence-electron chi connectivity index (χ4n) is 2.06. The number of carbonyl (C=O) groups is 1. The summed E-state index contributed by atoms with van der Waals surface area (Å²) in [4.78, 5) is 11.9. The smallest absolute Gasteiger partial charge is 0.305 e. The van der Waals surface area contributed by atoms with E-state index in [1.807, 2.05) is 0 Å². The molecule has 27 heavy (non-hydrogen) atoms. The number of halogens is 1. The first-order valence-electron chi connectivity index (χ1n) is 10.1. The molecular weight excluding hydrogens is 408 g/mol. The van der Waals surface area contributed by atoms with Crippen LogP contribution in [0.1, 0.15) is 78.1 Å². The summed E-state index contributed by atoms with van der Waals surface area (Å²) in [6.07, 6.45) is 8.34. The first-order chi connectivity index (χ1) is 13.2. The Morgan fingerprint density at radius 2 is 1.48 bits per heavy atom. The van der Waals surface area contributed by atoms with Gasteiger partial charge in [-0.1, -0.05) is 54.5 Å². The van der Waals surface area contributed by atoms with Gasteiger partial charge < -0.3 is 14.2 Å². The molecule has 0 rings (SSSR count). The van der Waals surface area contributed by atoms with Crippen LogP contribution < -0.4 is 0 Å². The van der Waals surface area contributed by atoms with Crippen LogP contribution >= 0.6 is 15.9 Å². The molecule has 0 fully saturated rings. The van der Waals surface area contributed by atoms with Crippen LogP contribution in [0.3, 0.4) is 0 Å². The highest BCUT2D eigenvalue weighted by atomic mass is 79.9. The van der Waals surface area contributed by atoms with Gasteiger partial charge in [-0.3, -0.25) is 4.79 Å². The number of unbranched alkanes of at least 4 members (excludes halogenated alkanes) is 5. The van der Waals surface area contributed by atoms with Crippen LogP contribution in [0, 0.1) is 23.7 Å². The van der Waals surface area contributed by atoms with Gasteiger partial charge >= 0.3 is 5.97 Å². The van der Waals surface area contributed by atoms with E-state index in [-0.39, 0.29) is 12.4 Å². The summed E-state index contributed by atoms with van der Waals surface area (Å²) < 4.78 is 16.5. The van der Waals surface area contributed by atoms with Gasteiger partial charge in [-0.25, -0.2) is 0 Å². The molecule has 0 N–H and O–H groups in total. The van der Waals surface area contributed by atoms with Crippen LogP contribution in [0.5, 0.6) is 0 Å². The summed E-state index contributed by atoms with van der Waals surface area (Å²) in [6, 6.07) is 0. The first kappa shape index (κ1) is 26.0. The van der Waals surface area contributed by atoms with E-state index >= 15 is 0 Å². The van der Waals surface area contributed by atoms with Gasteiger partial charge in [-0.15, -0.1) is 11.8 Å². The molecule has 0 spiro atoms. The Morgan fingerprint density at radius 3 is 2.04 bits per heavy atom. The highest BCUT2D eigenvalue weighted by Crippen LogP contribution is 2.07. The van der Waals surface area contributed by atoms with Gasteiger partial charge in [0, 0.05) is 24.6 Å². The topological polar surface area (TPSA) is 44.8 Å². The summed E-state index contributed by atoms with van der Waals surface area (Å²) >= 11 is 3.41. The van der Waals surface area contributed by atoms with Crippen LogP contribution in [-0.2, 0) is 19.0 Å². The van der Waals surface area contributed by atoms with Crippen LogP contribution in [0.2, 0.25) is 0 Å². The minimum absolute atomic E-state index is 0.207. The second kappa shape index (κ2) is 21.3. The molecule has 5 heteroatoms. The van der Waals surface area contributed by atoms with Crippen LogP contribution in [0.4, 0.5) is 0 Å². The van der Waals surface area contributed by atoms with E-state index in [1.54, 1.807) is 0 Å². The highest BCUT2D eigenvalue weighted by Gasteiger charge is 2.12. The second-order valence-electron chi connectivity index (χ2n) is 6.12. The average molecular weight is 443 g/mol. The lowest BCUT2D eigenvalue weighted by Crippen LogP contribution is -2.20. The lowest BCUT2D eigenvalue weighted by Gasteiger charge is -2.15. The maximum absolute atomic E-state index is 11.9. The molecule has 154 valence electrons. The Balaban J connectivity index is 4.10. The molecule has 0 amide bonds. The molecule has 4 nitrogen and oxygen atoms in total. The van der Waals surface area contributed by atoms with Crippen molar-refractivity contribution in [2.75, 3.05) is 25.2 Å². The molecule has 0 aromatic carbocycles. The third kappa shape index (κ3) is 19.6. The van der Waals surface area contributed by atoms with Crippen molar-refractivity contribution in [3.05, 3.63) is 0 Å². The number of carbonyl (C=O) groups excluding carboxylic acids is 1. The summed E-state index contributed by atoms with van der Waals surface area (Å²) in [5.41, 5.74) is 0. The van der Waals surface area contributed by atoms with E-state index < -0.39 is 6.29 Å². The largest absolute Gasteiger partial charge is 0.466 e. The zero-order valence-electron chi connectivity index (χ0n) is 17.0. The monoisotopic (exact) mass is 442 g/mol. The number of esters is 1. The number of hydrogen-bond donors (Lipinski definition) is 0. The Hall–Kier alpha value is -1.01. The van der Waals surface area contributed by atoms with E-state index in [4.69, 9.17) is 14.2 Å². The predicted octanol–water partition coefficient (Wildman–Crippen LogP) is 5.23. The zero-order chi connectivity index (χ0) is 20.0. The van der Waals surface area contributed by atoms with Crippen molar-refractivity contribution in [3.63, 3.8) is 0 Å². The second-order valence-corrected chi connectivity index (χ2v) is 6.91. The van der Waals surface area contributed by atoms with Crippen molar-refractivity contribution in [1.82, 2.24) is 0 Å². The van der Waals surface area contributed by atoms with Gasteiger partial charge in [0.25, 0.3) is 0 Å². The fraction of sp³-hybridized carbons (Fsp3) is 0.773. The van der Waals surface area contributed by atoms with Crippen LogP contribution in [-0.4, -0.2) is 37.4 Å². The van der Waals surface area contributed by atoms with Gasteiger partial charge in [0.1, 0.15) is 13.2 Å². The summed E-state index contributed by atoms with van der Waals surface area (Å²) in [6.45, 7) is 5.26. The SMILES string of the molecule is CCCC#CCOC(CCC(=O)OCCCCCCBr)OCC#CCCC. The Morgan fingerprint density at radius 1 is 0.889 bits per heavy atom. The molecule has 0 heterocycles. The molecule has 0 radical (unpaired) electrons. The number of rotatable bonds is 15. The molecule has 0 aliphatic rings. The van der Waals surface area contributed by atoms with Crippen molar-refractivity contribution in [2.24, 2.45) is 0 Å². The van der Waals surface area contributed by atoms with E-state index in [9.17, 15) is 4.79 Å². The van der Waals surface area contributed by atoms with Crippen LogP contribution in [0.25, 0.3) is 0 Å². The van der Waals surface area contributed by atoms with Gasteiger partial charge in [-0.2, -0.15) is 0 Å². The zero-order valence-corrected chi connectivity index (χ0v) is 18.6. The van der Waals surface area contributed by atoms with Crippen molar-refractivity contribution in [2.45, 2.75) is 84.3 Å². The first-order valence-corrected chi connectivity index (χ1v) is 11.2. The standard InChI is InChI=1S/C22H35BrO4/c1-3-5-7-12-19-26-22(27-20-13-8-6-4-2)16-15-21(24)25-18-14-10-9-11-17-23/h22H,3-6,9-11,14-20H2,1-2H3. The lowest BCUT2D eigenvalue weighted by molar-refractivity contribution is -0.152. The minimum Gasteiger partial charge on any atom is -0.466 e. The Bertz CT molecular complexity index is 442. The van der Waals surface area contributed by atoms with E-state index in [2.05, 4.69) is 53.5 Å². The predicted molar refractivity (Wildman–Crippen MR) is 114 cm³/mol. The number of ether oxygens (including phenoxy) is 3. The maximum Gasteiger partial charge on any atom is 0.305 e. The van der Waals surface area contributed by atoms with Gasteiger partial charge in [0.05, 0.1) is 13.0 Å². The van der Waals surface area contributed by atoms with E-state index in [0.717, 1.165) is 56.7 Å². The summed E-state index contributed by atoms with van der Waals surface area (Å²) in [7, 11) is 0. The molecule has 0 saturated heterocycles. The molecule has 0 unspecified atom stereocenters. The van der Waals surface area contributed by atoms with Crippen LogP contribution in [0.15, 0.2) is 0 Å². The quantitative estimate of drug-likeness (QED) is 0.114. The minimum atomic E-state index is -0.483. The van der Waals surface area contributed by atoms with E-state index in [0.29, 0.717) is 26.2 Å². The molecule has 0 aromatic rings. The van der Waals surface area contributed by atoms with Crippen molar-refractivity contribution in [3.8, 4) is 23.7 Å². The Kier molecular flexibility index (Phi) is 20.5. The van der Waals surface area contributed by atoms with Gasteiger partial charge in [0.2, 0.25) is 0 Å². The normalized spacial score (nSPS) is 10.1. The molecule has 0 aliphatic carbocycles. The summed E-state index contributed by atoms with van der Waals surface area (Å²) in [5, 5.41) is 1.03. The van der Waals surface area contributed by atoms with Crippen molar-refractivity contribution in [1.29, 1.82) is 0 Å². The number of alkyl halides is 1. The summed E-state index contributed by atoms with van der Waals surface area (Å²) in [5.74, 6) is 11.8. The molecule has 0 bridgehead atoms. The van der Waals surface area contributed by atoms with Crippen molar-refractivity contribution >= 4 is 21.9 Å². The molecule has 0 aliphatic heterocycles. The third-order valence-corrected chi connectivity index (χ3v) is 4.12. The lowest BCUT2D eigenvalue weighted by atomic mass is 10.2. The fourth-order valence-corrected chi connectivity index (χ4v) is 2.45. The molecule has 0 saturated carbocycles. The van der Waals surface area contributed by atoms with Crippen molar-refractivity contribution < 1.29 is 19.0 Å². The Labute approximate surface area is 174 Å². The van der Waals surface area contributed by atoms with E-state index in [1.165, 1.54) is 0 Å². The maximum atomic E-state index is 11.9. The molecule has 0 aromatic heterocycles. The molecule has 0 atom stereocenters. The average Bonchev–Trinajstić information content (AvgIpc) is 2.67. The molecular formula is C22H35BrO4. The highest BCUT2D eigenvalue weighted by molar-refractivity contribution is 9.09. The number of hydrogen-bond acceptors (Lipinski definition) is 4.